The predicted molar refractivity (Wildman–Crippen MR) is 92.8 cm³/mol. The molecule has 0 aliphatic heterocycles. The van der Waals surface area contributed by atoms with E-state index in [2.05, 4.69) is 36.6 Å². The standard InChI is InChI=1S/C10H13NO2.C8H11N/c1-3-8-4-5-9(11-7-12)10(6-8)13-2;1-7-5-3-4-6-8(7)9-2/h4-7H,3H2,1-2H3,(H,11,12);3-6,9H,1-2H3. The first-order valence-electron chi connectivity index (χ1n) is 7.26. The molecule has 0 bridgehead atoms. The number of hydrogen-bond acceptors (Lipinski definition) is 3. The lowest BCUT2D eigenvalue weighted by molar-refractivity contribution is -0.105. The highest BCUT2D eigenvalue weighted by molar-refractivity contribution is 5.75. The van der Waals surface area contributed by atoms with Gasteiger partial charge in [0.05, 0.1) is 12.8 Å². The van der Waals surface area contributed by atoms with Crippen molar-refractivity contribution in [2.75, 3.05) is 24.8 Å². The van der Waals surface area contributed by atoms with Crippen molar-refractivity contribution in [2.45, 2.75) is 20.3 Å². The molecule has 2 rings (SSSR count). The molecule has 0 aliphatic carbocycles. The van der Waals surface area contributed by atoms with Gasteiger partial charge in [-0.1, -0.05) is 31.2 Å². The van der Waals surface area contributed by atoms with Gasteiger partial charge >= 0.3 is 0 Å². The summed E-state index contributed by atoms with van der Waals surface area (Å²) in [5, 5.41) is 5.67. The number of carbonyl (C=O) groups excluding carboxylic acids is 1. The van der Waals surface area contributed by atoms with Crippen molar-refractivity contribution in [3.63, 3.8) is 0 Å². The normalized spacial score (nSPS) is 9.27. The van der Waals surface area contributed by atoms with Gasteiger partial charge in [-0.25, -0.2) is 0 Å². The average molecular weight is 300 g/mol. The van der Waals surface area contributed by atoms with Gasteiger partial charge in [-0.3, -0.25) is 4.79 Å². The number of benzene rings is 2. The fourth-order valence-electron chi connectivity index (χ4n) is 1.99. The number of rotatable bonds is 5. The fourth-order valence-corrected chi connectivity index (χ4v) is 1.99. The predicted octanol–water partition coefficient (Wildman–Crippen LogP) is 3.86. The zero-order chi connectivity index (χ0) is 16.4. The van der Waals surface area contributed by atoms with E-state index in [9.17, 15) is 4.79 Å². The van der Waals surface area contributed by atoms with Gasteiger partial charge in [0.25, 0.3) is 0 Å². The van der Waals surface area contributed by atoms with Gasteiger partial charge in [-0.05, 0) is 42.7 Å². The average Bonchev–Trinajstić information content (AvgIpc) is 2.56. The monoisotopic (exact) mass is 300 g/mol. The van der Waals surface area contributed by atoms with Crippen LogP contribution in [-0.2, 0) is 11.2 Å². The Bertz CT molecular complexity index is 597. The molecular formula is C18H24N2O2. The summed E-state index contributed by atoms with van der Waals surface area (Å²) in [5.74, 6) is 0.700. The Kier molecular flexibility index (Phi) is 7.54. The van der Waals surface area contributed by atoms with Gasteiger partial charge in [0.2, 0.25) is 6.41 Å². The molecule has 2 aromatic rings. The Hall–Kier alpha value is -2.49. The summed E-state index contributed by atoms with van der Waals surface area (Å²) in [4.78, 5) is 10.2. The first-order chi connectivity index (χ1) is 10.7. The summed E-state index contributed by atoms with van der Waals surface area (Å²) in [6.45, 7) is 4.16. The van der Waals surface area contributed by atoms with Crippen LogP contribution in [0.25, 0.3) is 0 Å². The van der Waals surface area contributed by atoms with Gasteiger partial charge in [0, 0.05) is 12.7 Å². The molecule has 0 aliphatic rings. The van der Waals surface area contributed by atoms with Crippen LogP contribution in [0.15, 0.2) is 42.5 Å². The number of ether oxygens (including phenoxy) is 1. The third kappa shape index (κ3) is 5.13. The maximum atomic E-state index is 10.2. The van der Waals surface area contributed by atoms with Crippen LogP contribution < -0.4 is 15.4 Å². The molecule has 4 nitrogen and oxygen atoms in total. The van der Waals surface area contributed by atoms with Crippen LogP contribution in [0.2, 0.25) is 0 Å². The SMILES string of the molecule is CCc1ccc(NC=O)c(OC)c1.CNc1ccccc1C. The zero-order valence-electron chi connectivity index (χ0n) is 13.6. The Balaban J connectivity index is 0.000000235. The molecule has 0 radical (unpaired) electrons. The third-order valence-electron chi connectivity index (χ3n) is 3.30. The third-order valence-corrected chi connectivity index (χ3v) is 3.30. The highest BCUT2D eigenvalue weighted by Gasteiger charge is 2.01. The van der Waals surface area contributed by atoms with Crippen molar-refractivity contribution >= 4 is 17.8 Å². The minimum Gasteiger partial charge on any atom is -0.495 e. The summed E-state index contributed by atoms with van der Waals surface area (Å²) in [5.41, 5.74) is 4.39. The molecule has 0 saturated heterocycles. The Morgan fingerprint density at radius 1 is 1.14 bits per heavy atom. The van der Waals surface area contributed by atoms with E-state index in [-0.39, 0.29) is 0 Å². The second-order valence-electron chi connectivity index (χ2n) is 4.72. The summed E-state index contributed by atoms with van der Waals surface area (Å²) >= 11 is 0. The molecule has 4 heteroatoms. The highest BCUT2D eigenvalue weighted by atomic mass is 16.5. The van der Waals surface area contributed by atoms with E-state index in [1.807, 2.05) is 37.4 Å². The van der Waals surface area contributed by atoms with E-state index in [0.717, 1.165) is 6.42 Å². The summed E-state index contributed by atoms with van der Waals surface area (Å²) in [6, 6.07) is 13.9. The van der Waals surface area contributed by atoms with E-state index in [4.69, 9.17) is 4.74 Å². The molecule has 0 heterocycles. The minimum absolute atomic E-state index is 0.642. The summed E-state index contributed by atoms with van der Waals surface area (Å²) in [7, 11) is 3.52. The number of hydrogen-bond donors (Lipinski definition) is 2. The van der Waals surface area contributed by atoms with Crippen molar-refractivity contribution in [2.24, 2.45) is 0 Å². The number of nitrogens with one attached hydrogen (secondary N) is 2. The summed E-state index contributed by atoms with van der Waals surface area (Å²) < 4.78 is 5.12. The van der Waals surface area contributed by atoms with Gasteiger partial charge in [0.1, 0.15) is 5.75 Å². The molecule has 118 valence electrons. The second-order valence-corrected chi connectivity index (χ2v) is 4.72. The second kappa shape index (κ2) is 9.45. The van der Waals surface area contributed by atoms with E-state index in [1.165, 1.54) is 16.8 Å². The lowest BCUT2D eigenvalue weighted by Crippen LogP contribution is -1.97. The lowest BCUT2D eigenvalue weighted by atomic mass is 10.1. The van der Waals surface area contributed by atoms with E-state index in [1.54, 1.807) is 7.11 Å². The molecule has 2 N–H and O–H groups in total. The maximum Gasteiger partial charge on any atom is 0.211 e. The molecule has 2 aromatic carbocycles. The maximum absolute atomic E-state index is 10.2. The molecule has 1 amide bonds. The molecule has 0 atom stereocenters. The van der Waals surface area contributed by atoms with Gasteiger partial charge in [-0.15, -0.1) is 0 Å². The Morgan fingerprint density at radius 2 is 1.86 bits per heavy atom. The number of para-hydroxylation sites is 1. The fraction of sp³-hybridized carbons (Fsp3) is 0.278. The van der Waals surface area contributed by atoms with Crippen LogP contribution in [0.5, 0.6) is 5.75 Å². The van der Waals surface area contributed by atoms with Crippen LogP contribution >= 0.6 is 0 Å². The molecule has 0 spiro atoms. The molecule has 0 unspecified atom stereocenters. The molecule has 0 fully saturated rings. The van der Waals surface area contributed by atoms with Crippen LogP contribution in [0.3, 0.4) is 0 Å². The topological polar surface area (TPSA) is 50.4 Å². The van der Waals surface area contributed by atoms with Crippen molar-refractivity contribution in [3.8, 4) is 5.75 Å². The van der Waals surface area contributed by atoms with Gasteiger partial charge in [-0.2, -0.15) is 0 Å². The smallest absolute Gasteiger partial charge is 0.211 e. The highest BCUT2D eigenvalue weighted by Crippen LogP contribution is 2.24. The first kappa shape index (κ1) is 17.6. The van der Waals surface area contributed by atoms with Crippen LogP contribution in [0.4, 0.5) is 11.4 Å². The van der Waals surface area contributed by atoms with Gasteiger partial charge < -0.3 is 15.4 Å². The molecule has 0 saturated carbocycles. The van der Waals surface area contributed by atoms with E-state index < -0.39 is 0 Å². The van der Waals surface area contributed by atoms with Crippen LogP contribution in [0, 0.1) is 6.92 Å². The summed E-state index contributed by atoms with van der Waals surface area (Å²) in [6.07, 6.45) is 1.60. The quantitative estimate of drug-likeness (QED) is 0.824. The first-order valence-corrected chi connectivity index (χ1v) is 7.26. The van der Waals surface area contributed by atoms with E-state index >= 15 is 0 Å². The Morgan fingerprint density at radius 3 is 2.36 bits per heavy atom. The molecule has 0 aromatic heterocycles. The Labute approximate surface area is 132 Å². The number of amides is 1. The number of carbonyl (C=O) groups is 1. The molecular weight excluding hydrogens is 276 g/mol. The van der Waals surface area contributed by atoms with Crippen molar-refractivity contribution < 1.29 is 9.53 Å². The number of anilines is 2. The lowest BCUT2D eigenvalue weighted by Gasteiger charge is -2.08. The number of aryl methyl sites for hydroxylation is 2. The van der Waals surface area contributed by atoms with E-state index in [0.29, 0.717) is 17.8 Å². The van der Waals surface area contributed by atoms with Crippen molar-refractivity contribution in [1.82, 2.24) is 0 Å². The minimum atomic E-state index is 0.642. The van der Waals surface area contributed by atoms with Crippen molar-refractivity contribution in [1.29, 1.82) is 0 Å². The zero-order valence-corrected chi connectivity index (χ0v) is 13.6. The van der Waals surface area contributed by atoms with Crippen molar-refractivity contribution in [3.05, 3.63) is 53.6 Å². The van der Waals surface area contributed by atoms with Gasteiger partial charge in [0.15, 0.2) is 0 Å². The van der Waals surface area contributed by atoms with Crippen LogP contribution in [-0.4, -0.2) is 20.6 Å². The number of methoxy groups -OCH3 is 1. The largest absolute Gasteiger partial charge is 0.495 e. The van der Waals surface area contributed by atoms with Crippen LogP contribution in [0.1, 0.15) is 18.1 Å². The molecule has 22 heavy (non-hydrogen) atoms.